The smallest absolute Gasteiger partial charge is 0.269 e. The maximum absolute atomic E-state index is 10.6. The Morgan fingerprint density at radius 3 is 3.00 bits per heavy atom. The zero-order valence-electron chi connectivity index (χ0n) is 8.70. The van der Waals surface area contributed by atoms with Gasteiger partial charge in [-0.25, -0.2) is 0 Å². The number of rotatable bonds is 3. The molecule has 0 aliphatic carbocycles. The molecule has 0 radical (unpaired) electrons. The molecule has 2 unspecified atom stereocenters. The fourth-order valence-corrected chi connectivity index (χ4v) is 1.96. The van der Waals surface area contributed by atoms with Crippen molar-refractivity contribution in [1.82, 2.24) is 0 Å². The maximum Gasteiger partial charge on any atom is 0.269 e. The van der Waals surface area contributed by atoms with Crippen molar-refractivity contribution < 1.29 is 14.8 Å². The van der Waals surface area contributed by atoms with Crippen molar-refractivity contribution in [3.05, 3.63) is 39.9 Å². The maximum atomic E-state index is 10.6. The standard InChI is InChI=1S/C11H13NO4/c13-6-11-5-9(7-16-11)8-2-1-3-10(4-8)12(14)15/h1-4,9,11,13H,5-7H2. The van der Waals surface area contributed by atoms with E-state index < -0.39 is 4.92 Å². The number of benzene rings is 1. The Kier molecular flexibility index (Phi) is 3.17. The average molecular weight is 223 g/mol. The molecule has 16 heavy (non-hydrogen) atoms. The minimum absolute atomic E-state index is 0.00538. The van der Waals surface area contributed by atoms with Crippen LogP contribution >= 0.6 is 0 Å². The molecule has 1 heterocycles. The minimum Gasteiger partial charge on any atom is -0.394 e. The second-order valence-corrected chi connectivity index (χ2v) is 3.92. The van der Waals surface area contributed by atoms with Crippen LogP contribution < -0.4 is 0 Å². The molecular formula is C11H13NO4. The normalized spacial score (nSPS) is 24.6. The number of aliphatic hydroxyl groups excluding tert-OH is 1. The third-order valence-electron chi connectivity index (χ3n) is 2.84. The van der Waals surface area contributed by atoms with Crippen molar-refractivity contribution in [1.29, 1.82) is 0 Å². The summed E-state index contributed by atoms with van der Waals surface area (Å²) in [4.78, 5) is 10.2. The molecule has 1 aliphatic heterocycles. The number of non-ortho nitro benzene ring substituents is 1. The Hall–Kier alpha value is -1.46. The van der Waals surface area contributed by atoms with Gasteiger partial charge >= 0.3 is 0 Å². The highest BCUT2D eigenvalue weighted by atomic mass is 16.6. The van der Waals surface area contributed by atoms with Gasteiger partial charge in [0.15, 0.2) is 0 Å². The summed E-state index contributed by atoms with van der Waals surface area (Å²) in [6.45, 7) is 0.526. The van der Waals surface area contributed by atoms with Crippen molar-refractivity contribution in [2.45, 2.75) is 18.4 Å². The summed E-state index contributed by atoms with van der Waals surface area (Å²) < 4.78 is 5.35. The van der Waals surface area contributed by atoms with Gasteiger partial charge in [0.25, 0.3) is 5.69 Å². The highest BCUT2D eigenvalue weighted by Crippen LogP contribution is 2.30. The number of nitro benzene ring substituents is 1. The molecule has 0 bridgehead atoms. The summed E-state index contributed by atoms with van der Waals surface area (Å²) >= 11 is 0. The van der Waals surface area contributed by atoms with E-state index in [4.69, 9.17) is 9.84 Å². The highest BCUT2D eigenvalue weighted by molar-refractivity contribution is 5.36. The van der Waals surface area contributed by atoms with Crippen LogP contribution in [0.3, 0.4) is 0 Å². The SMILES string of the molecule is O=[N+]([O-])c1cccc(C2COC(CO)C2)c1. The largest absolute Gasteiger partial charge is 0.394 e. The number of nitro groups is 1. The number of ether oxygens (including phenoxy) is 1. The second kappa shape index (κ2) is 4.59. The van der Waals surface area contributed by atoms with Gasteiger partial charge in [-0.1, -0.05) is 12.1 Å². The first kappa shape index (κ1) is 11.0. The fraction of sp³-hybridized carbons (Fsp3) is 0.455. The summed E-state index contributed by atoms with van der Waals surface area (Å²) in [7, 11) is 0. The van der Waals surface area contributed by atoms with E-state index in [1.165, 1.54) is 6.07 Å². The van der Waals surface area contributed by atoms with Crippen LogP contribution in [0, 0.1) is 10.1 Å². The minimum atomic E-state index is -0.400. The Balaban J connectivity index is 2.15. The van der Waals surface area contributed by atoms with Gasteiger partial charge in [0.1, 0.15) is 0 Å². The second-order valence-electron chi connectivity index (χ2n) is 3.92. The van der Waals surface area contributed by atoms with Gasteiger partial charge in [0, 0.05) is 18.1 Å². The first-order chi connectivity index (χ1) is 7.70. The average Bonchev–Trinajstić information content (AvgIpc) is 2.77. The van der Waals surface area contributed by atoms with Gasteiger partial charge in [-0.3, -0.25) is 10.1 Å². The summed E-state index contributed by atoms with van der Waals surface area (Å²) in [5.74, 6) is 0.150. The monoisotopic (exact) mass is 223 g/mol. The zero-order chi connectivity index (χ0) is 11.5. The van der Waals surface area contributed by atoms with Gasteiger partial charge in [-0.05, 0) is 12.0 Å². The van der Waals surface area contributed by atoms with Crippen LogP contribution in [-0.2, 0) is 4.74 Å². The molecule has 0 aromatic heterocycles. The van der Waals surface area contributed by atoms with Crippen LogP contribution in [0.15, 0.2) is 24.3 Å². The lowest BCUT2D eigenvalue weighted by atomic mass is 9.96. The lowest BCUT2D eigenvalue weighted by molar-refractivity contribution is -0.384. The lowest BCUT2D eigenvalue weighted by Gasteiger charge is -2.07. The third kappa shape index (κ3) is 2.20. The number of nitrogens with zero attached hydrogens (tertiary/aromatic N) is 1. The fourth-order valence-electron chi connectivity index (χ4n) is 1.96. The van der Waals surface area contributed by atoms with Crippen LogP contribution in [0.25, 0.3) is 0 Å². The zero-order valence-corrected chi connectivity index (χ0v) is 8.70. The highest BCUT2D eigenvalue weighted by Gasteiger charge is 2.26. The van der Waals surface area contributed by atoms with E-state index in [1.807, 2.05) is 6.07 Å². The van der Waals surface area contributed by atoms with Gasteiger partial charge in [-0.2, -0.15) is 0 Å². The van der Waals surface area contributed by atoms with E-state index in [-0.39, 0.29) is 24.3 Å². The molecule has 2 rings (SSSR count). The summed E-state index contributed by atoms with van der Waals surface area (Å²) in [6, 6.07) is 6.59. The van der Waals surface area contributed by atoms with Crippen LogP contribution in [0.4, 0.5) is 5.69 Å². The first-order valence-corrected chi connectivity index (χ1v) is 5.17. The van der Waals surface area contributed by atoms with Crippen molar-refractivity contribution >= 4 is 5.69 Å². The van der Waals surface area contributed by atoms with Gasteiger partial charge in [0.2, 0.25) is 0 Å². The molecule has 5 nitrogen and oxygen atoms in total. The Morgan fingerprint density at radius 2 is 2.38 bits per heavy atom. The number of aliphatic hydroxyl groups is 1. The van der Waals surface area contributed by atoms with E-state index in [2.05, 4.69) is 0 Å². The predicted octanol–water partition coefficient (Wildman–Crippen LogP) is 1.46. The Labute approximate surface area is 92.8 Å². The van der Waals surface area contributed by atoms with Gasteiger partial charge in [-0.15, -0.1) is 0 Å². The first-order valence-electron chi connectivity index (χ1n) is 5.17. The molecule has 0 amide bonds. The molecule has 0 saturated carbocycles. The van der Waals surface area contributed by atoms with Crippen molar-refractivity contribution in [2.75, 3.05) is 13.2 Å². The lowest BCUT2D eigenvalue weighted by Crippen LogP contribution is -2.09. The van der Waals surface area contributed by atoms with E-state index in [0.717, 1.165) is 12.0 Å². The summed E-state index contributed by atoms with van der Waals surface area (Å²) in [5, 5.41) is 19.6. The molecule has 0 spiro atoms. The molecular weight excluding hydrogens is 210 g/mol. The Morgan fingerprint density at radius 1 is 1.56 bits per heavy atom. The van der Waals surface area contributed by atoms with E-state index in [0.29, 0.717) is 6.61 Å². The van der Waals surface area contributed by atoms with Crippen LogP contribution in [0.5, 0.6) is 0 Å². The topological polar surface area (TPSA) is 72.6 Å². The molecule has 1 aromatic carbocycles. The summed E-state index contributed by atoms with van der Waals surface area (Å²) in [5.41, 5.74) is 1.01. The van der Waals surface area contributed by atoms with E-state index >= 15 is 0 Å². The predicted molar refractivity (Wildman–Crippen MR) is 57.3 cm³/mol. The molecule has 1 aliphatic rings. The van der Waals surface area contributed by atoms with Crippen LogP contribution in [-0.4, -0.2) is 29.3 Å². The molecule has 1 saturated heterocycles. The van der Waals surface area contributed by atoms with Crippen molar-refractivity contribution in [2.24, 2.45) is 0 Å². The van der Waals surface area contributed by atoms with E-state index in [9.17, 15) is 10.1 Å². The molecule has 1 N–H and O–H groups in total. The molecule has 2 atom stereocenters. The van der Waals surface area contributed by atoms with Crippen LogP contribution in [0.2, 0.25) is 0 Å². The van der Waals surface area contributed by atoms with Crippen LogP contribution in [0.1, 0.15) is 17.9 Å². The number of hydrogen-bond acceptors (Lipinski definition) is 4. The van der Waals surface area contributed by atoms with Gasteiger partial charge in [0.05, 0.1) is 24.2 Å². The van der Waals surface area contributed by atoms with Gasteiger partial charge < -0.3 is 9.84 Å². The molecule has 1 fully saturated rings. The quantitative estimate of drug-likeness (QED) is 0.622. The number of hydrogen-bond donors (Lipinski definition) is 1. The van der Waals surface area contributed by atoms with E-state index in [1.54, 1.807) is 12.1 Å². The van der Waals surface area contributed by atoms with Crippen molar-refractivity contribution in [3.8, 4) is 0 Å². The summed E-state index contributed by atoms with van der Waals surface area (Å²) in [6.07, 6.45) is 0.585. The van der Waals surface area contributed by atoms with Crippen molar-refractivity contribution in [3.63, 3.8) is 0 Å². The molecule has 5 heteroatoms. The Bertz CT molecular complexity index is 393. The molecule has 86 valence electrons. The third-order valence-corrected chi connectivity index (χ3v) is 2.84. The molecule has 1 aromatic rings.